The zero-order valence-electron chi connectivity index (χ0n) is 11.6. The van der Waals surface area contributed by atoms with Crippen molar-refractivity contribution >= 4 is 11.6 Å². The van der Waals surface area contributed by atoms with E-state index >= 15 is 0 Å². The number of fused-ring (bicyclic) bond motifs is 1. The highest BCUT2D eigenvalue weighted by Gasteiger charge is 2.16. The zero-order chi connectivity index (χ0) is 14.4. The lowest BCUT2D eigenvalue weighted by atomic mass is 10.2. The van der Waals surface area contributed by atoms with Gasteiger partial charge in [0.1, 0.15) is 0 Å². The van der Waals surface area contributed by atoms with Crippen LogP contribution in [0.2, 0.25) is 5.02 Å². The van der Waals surface area contributed by atoms with E-state index in [1.807, 2.05) is 24.3 Å². The Morgan fingerprint density at radius 1 is 1.15 bits per heavy atom. The average Bonchev–Trinajstić information content (AvgIpc) is 2.65. The molecule has 0 saturated carbocycles. The number of hydrogen-bond donors (Lipinski definition) is 0. The molecule has 0 bridgehead atoms. The second-order valence-electron chi connectivity index (χ2n) is 4.73. The molecule has 0 fully saturated rings. The van der Waals surface area contributed by atoms with E-state index in [9.17, 15) is 0 Å². The molecule has 1 heterocycles. The summed E-state index contributed by atoms with van der Waals surface area (Å²) in [4.78, 5) is 2.22. The quantitative estimate of drug-likeness (QED) is 0.747. The Hall–Kier alpha value is -1.45. The van der Waals surface area contributed by atoms with Crippen LogP contribution in [-0.4, -0.2) is 31.2 Å². The minimum absolute atomic E-state index is 0.608. The van der Waals surface area contributed by atoms with Crippen LogP contribution in [0, 0.1) is 0 Å². The van der Waals surface area contributed by atoms with E-state index in [1.165, 1.54) is 0 Å². The van der Waals surface area contributed by atoms with E-state index in [0.29, 0.717) is 24.0 Å². The molecule has 4 heteroatoms. The molecule has 0 atom stereocenters. The fourth-order valence-corrected chi connectivity index (χ4v) is 2.49. The molecule has 0 radical (unpaired) electrons. The van der Waals surface area contributed by atoms with Gasteiger partial charge in [0, 0.05) is 26.1 Å². The molecule has 0 spiro atoms. The van der Waals surface area contributed by atoms with Crippen LogP contribution in [0.1, 0.15) is 12.0 Å². The largest absolute Gasteiger partial charge is 0.489 e. The van der Waals surface area contributed by atoms with Gasteiger partial charge in [0.25, 0.3) is 0 Å². The van der Waals surface area contributed by atoms with Crippen LogP contribution in [0.3, 0.4) is 0 Å². The Kier molecular flexibility index (Phi) is 5.50. The normalized spacial score (nSPS) is 13.9. The minimum atomic E-state index is 0.608. The van der Waals surface area contributed by atoms with Crippen LogP contribution in [0.5, 0.6) is 11.5 Å². The SMILES string of the molecule is C=CCN(CC=C)Cc1cc(Cl)c2c(c1)OCCCO2. The molecular weight excluding hydrogens is 274 g/mol. The molecule has 2 rings (SSSR count). The van der Waals surface area contributed by atoms with Gasteiger partial charge < -0.3 is 9.47 Å². The maximum absolute atomic E-state index is 6.29. The molecule has 0 aliphatic carbocycles. The third kappa shape index (κ3) is 3.78. The Labute approximate surface area is 125 Å². The van der Waals surface area contributed by atoms with E-state index in [1.54, 1.807) is 0 Å². The summed E-state index contributed by atoms with van der Waals surface area (Å²) in [6.45, 7) is 11.2. The fourth-order valence-electron chi connectivity index (χ4n) is 2.20. The van der Waals surface area contributed by atoms with Crippen molar-refractivity contribution in [2.45, 2.75) is 13.0 Å². The van der Waals surface area contributed by atoms with Gasteiger partial charge >= 0.3 is 0 Å². The maximum Gasteiger partial charge on any atom is 0.179 e. The summed E-state index contributed by atoms with van der Waals surface area (Å²) < 4.78 is 11.3. The van der Waals surface area contributed by atoms with Gasteiger partial charge in [-0.2, -0.15) is 0 Å². The van der Waals surface area contributed by atoms with E-state index in [4.69, 9.17) is 21.1 Å². The monoisotopic (exact) mass is 293 g/mol. The Bertz CT molecular complexity index is 478. The summed E-state index contributed by atoms with van der Waals surface area (Å²) >= 11 is 6.29. The highest BCUT2D eigenvalue weighted by molar-refractivity contribution is 6.32. The molecule has 1 aromatic carbocycles. The number of hydrogen-bond acceptors (Lipinski definition) is 3. The summed E-state index contributed by atoms with van der Waals surface area (Å²) in [5, 5.41) is 0.608. The molecule has 0 amide bonds. The third-order valence-corrected chi connectivity index (χ3v) is 3.32. The Morgan fingerprint density at radius 3 is 2.55 bits per heavy atom. The molecule has 0 N–H and O–H groups in total. The topological polar surface area (TPSA) is 21.7 Å². The lowest BCUT2D eigenvalue weighted by molar-refractivity contribution is 0.296. The smallest absolute Gasteiger partial charge is 0.179 e. The number of ether oxygens (including phenoxy) is 2. The van der Waals surface area contributed by atoms with Crippen molar-refractivity contribution in [2.24, 2.45) is 0 Å². The van der Waals surface area contributed by atoms with Crippen LogP contribution < -0.4 is 9.47 Å². The van der Waals surface area contributed by atoms with Crippen molar-refractivity contribution in [1.82, 2.24) is 4.90 Å². The lowest BCUT2D eigenvalue weighted by Gasteiger charge is -2.20. The standard InChI is InChI=1S/C16H20ClNO2/c1-3-6-18(7-4-2)12-13-10-14(17)16-15(11-13)19-8-5-9-20-16/h3-4,10-11H,1-2,5-9,12H2. The minimum Gasteiger partial charge on any atom is -0.489 e. The maximum atomic E-state index is 6.29. The Balaban J connectivity index is 2.19. The highest BCUT2D eigenvalue weighted by Crippen LogP contribution is 2.38. The summed E-state index contributed by atoms with van der Waals surface area (Å²) in [7, 11) is 0. The van der Waals surface area contributed by atoms with Gasteiger partial charge in [0.15, 0.2) is 11.5 Å². The predicted molar refractivity (Wildman–Crippen MR) is 82.7 cm³/mol. The first-order valence-corrected chi connectivity index (χ1v) is 7.14. The molecular formula is C16H20ClNO2. The van der Waals surface area contributed by atoms with Crippen molar-refractivity contribution in [3.63, 3.8) is 0 Å². The van der Waals surface area contributed by atoms with Crippen molar-refractivity contribution < 1.29 is 9.47 Å². The van der Waals surface area contributed by atoms with Crippen LogP contribution >= 0.6 is 11.6 Å². The van der Waals surface area contributed by atoms with E-state index in [0.717, 1.165) is 37.4 Å². The first-order chi connectivity index (χ1) is 9.74. The van der Waals surface area contributed by atoms with E-state index in [2.05, 4.69) is 18.1 Å². The molecule has 0 unspecified atom stereocenters. The van der Waals surface area contributed by atoms with Gasteiger partial charge in [-0.1, -0.05) is 23.8 Å². The van der Waals surface area contributed by atoms with Crippen LogP contribution in [0.4, 0.5) is 0 Å². The second-order valence-corrected chi connectivity index (χ2v) is 5.13. The van der Waals surface area contributed by atoms with E-state index in [-0.39, 0.29) is 0 Å². The van der Waals surface area contributed by atoms with Gasteiger partial charge in [-0.15, -0.1) is 13.2 Å². The first-order valence-electron chi connectivity index (χ1n) is 6.76. The number of halogens is 1. The van der Waals surface area contributed by atoms with Crippen molar-refractivity contribution in [3.05, 3.63) is 48.0 Å². The van der Waals surface area contributed by atoms with Crippen molar-refractivity contribution in [1.29, 1.82) is 0 Å². The van der Waals surface area contributed by atoms with Crippen molar-refractivity contribution in [2.75, 3.05) is 26.3 Å². The second kappa shape index (κ2) is 7.36. The molecule has 108 valence electrons. The molecule has 0 saturated heterocycles. The highest BCUT2D eigenvalue weighted by atomic mass is 35.5. The molecule has 3 nitrogen and oxygen atoms in total. The lowest BCUT2D eigenvalue weighted by Crippen LogP contribution is -2.23. The van der Waals surface area contributed by atoms with Gasteiger partial charge in [-0.25, -0.2) is 0 Å². The first kappa shape index (κ1) is 14.9. The molecule has 1 aliphatic heterocycles. The van der Waals surface area contributed by atoms with Gasteiger partial charge in [-0.3, -0.25) is 4.90 Å². The predicted octanol–water partition coefficient (Wildman–Crippen LogP) is 3.68. The molecule has 0 aromatic heterocycles. The van der Waals surface area contributed by atoms with Crippen LogP contribution in [0.15, 0.2) is 37.4 Å². The molecule has 20 heavy (non-hydrogen) atoms. The summed E-state index contributed by atoms with van der Waals surface area (Å²) in [6.07, 6.45) is 4.64. The van der Waals surface area contributed by atoms with Gasteiger partial charge in [0.2, 0.25) is 0 Å². The number of rotatable bonds is 6. The van der Waals surface area contributed by atoms with Crippen molar-refractivity contribution in [3.8, 4) is 11.5 Å². The van der Waals surface area contributed by atoms with Gasteiger partial charge in [-0.05, 0) is 17.7 Å². The van der Waals surface area contributed by atoms with Crippen LogP contribution in [-0.2, 0) is 6.54 Å². The Morgan fingerprint density at radius 2 is 1.85 bits per heavy atom. The zero-order valence-corrected chi connectivity index (χ0v) is 12.4. The summed E-state index contributed by atoms with van der Waals surface area (Å²) in [5.74, 6) is 1.40. The fraction of sp³-hybridized carbons (Fsp3) is 0.375. The number of nitrogens with zero attached hydrogens (tertiary/aromatic N) is 1. The summed E-state index contributed by atoms with van der Waals surface area (Å²) in [5.41, 5.74) is 1.10. The molecule has 1 aliphatic rings. The third-order valence-electron chi connectivity index (χ3n) is 3.04. The van der Waals surface area contributed by atoms with Gasteiger partial charge in [0.05, 0.1) is 18.2 Å². The average molecular weight is 294 g/mol. The summed E-state index contributed by atoms with van der Waals surface area (Å²) in [6, 6.07) is 3.94. The molecule has 1 aromatic rings. The van der Waals surface area contributed by atoms with Crippen LogP contribution in [0.25, 0.3) is 0 Å². The van der Waals surface area contributed by atoms with E-state index < -0.39 is 0 Å². The number of benzene rings is 1.